The summed E-state index contributed by atoms with van der Waals surface area (Å²) in [5.41, 5.74) is 12.1. The van der Waals surface area contributed by atoms with Crippen LogP contribution in [-0.4, -0.2) is 15.0 Å². The first-order chi connectivity index (χ1) is 28.2. The number of rotatable bonds is 4. The number of nitrogens with zero attached hydrogens (tertiary/aromatic N) is 3. The van der Waals surface area contributed by atoms with Crippen molar-refractivity contribution in [2.75, 3.05) is 0 Å². The first kappa shape index (κ1) is 32.1. The van der Waals surface area contributed by atoms with Gasteiger partial charge in [-0.15, -0.1) is 11.3 Å². The van der Waals surface area contributed by atoms with Crippen molar-refractivity contribution < 1.29 is 4.74 Å². The second kappa shape index (κ2) is 12.4. The first-order valence-electron chi connectivity index (χ1n) is 19.2. The first-order valence-corrected chi connectivity index (χ1v) is 20.0. The van der Waals surface area contributed by atoms with Crippen LogP contribution in [0, 0.1) is 0 Å². The summed E-state index contributed by atoms with van der Waals surface area (Å²) < 4.78 is 9.13. The predicted molar refractivity (Wildman–Crippen MR) is 232 cm³/mol. The monoisotopic (exact) mass is 745 g/mol. The second-order valence-electron chi connectivity index (χ2n) is 14.7. The van der Waals surface area contributed by atoms with E-state index in [2.05, 4.69) is 164 Å². The Morgan fingerprint density at radius 2 is 0.895 bits per heavy atom. The summed E-state index contributed by atoms with van der Waals surface area (Å²) in [6.07, 6.45) is 0. The SMILES string of the molecule is c1ccc(-c2ccc(-c3nc(-c4ccccc4)nc(-c4cccc5c4sc4cc6c(cc45)C4(c5ccccc5O6)c5ccccc5-c5ccccc54)n3)cc2)cc1. The van der Waals surface area contributed by atoms with E-state index in [-0.39, 0.29) is 0 Å². The summed E-state index contributed by atoms with van der Waals surface area (Å²) in [6, 6.07) is 66.5. The van der Waals surface area contributed by atoms with Gasteiger partial charge in [-0.3, -0.25) is 0 Å². The molecule has 0 saturated carbocycles. The highest BCUT2D eigenvalue weighted by atomic mass is 32.1. The van der Waals surface area contributed by atoms with Crippen LogP contribution in [0.2, 0.25) is 0 Å². The van der Waals surface area contributed by atoms with Crippen LogP contribution in [-0.2, 0) is 5.41 Å². The molecule has 12 rings (SSSR count). The molecular weight excluding hydrogens is 715 g/mol. The lowest BCUT2D eigenvalue weighted by Gasteiger charge is -2.39. The van der Waals surface area contributed by atoms with Crippen molar-refractivity contribution in [2.24, 2.45) is 0 Å². The van der Waals surface area contributed by atoms with Crippen LogP contribution < -0.4 is 4.74 Å². The average molecular weight is 746 g/mol. The molecule has 0 amide bonds. The average Bonchev–Trinajstić information content (AvgIpc) is 3.80. The Morgan fingerprint density at radius 1 is 0.368 bits per heavy atom. The minimum absolute atomic E-state index is 0.527. The Hall–Kier alpha value is -7.21. The maximum Gasteiger partial charge on any atom is 0.165 e. The van der Waals surface area contributed by atoms with E-state index in [0.717, 1.165) is 54.3 Å². The molecule has 0 bridgehead atoms. The zero-order valence-corrected chi connectivity index (χ0v) is 31.4. The molecule has 0 saturated heterocycles. The molecule has 5 heteroatoms. The van der Waals surface area contributed by atoms with Crippen LogP contribution in [0.5, 0.6) is 11.5 Å². The molecule has 10 aromatic rings. The number of para-hydroxylation sites is 1. The van der Waals surface area contributed by atoms with E-state index in [9.17, 15) is 0 Å². The lowest BCUT2D eigenvalue weighted by Crippen LogP contribution is -2.32. The van der Waals surface area contributed by atoms with Gasteiger partial charge in [0, 0.05) is 48.0 Å². The highest BCUT2D eigenvalue weighted by molar-refractivity contribution is 7.26. The van der Waals surface area contributed by atoms with Gasteiger partial charge in [0.2, 0.25) is 0 Å². The molecule has 0 atom stereocenters. The molecular formula is C52H31N3OS. The van der Waals surface area contributed by atoms with Crippen LogP contribution in [0.15, 0.2) is 188 Å². The van der Waals surface area contributed by atoms with Crippen molar-refractivity contribution in [3.8, 4) is 67.9 Å². The van der Waals surface area contributed by atoms with Crippen LogP contribution in [0.4, 0.5) is 0 Å². The highest BCUT2D eigenvalue weighted by Crippen LogP contribution is 2.63. The number of thiophene rings is 1. The van der Waals surface area contributed by atoms with E-state index < -0.39 is 5.41 Å². The van der Waals surface area contributed by atoms with Gasteiger partial charge in [-0.25, -0.2) is 15.0 Å². The Bertz CT molecular complexity index is 3160. The highest BCUT2D eigenvalue weighted by Gasteiger charge is 2.51. The fourth-order valence-electron chi connectivity index (χ4n) is 9.11. The molecule has 0 N–H and O–H groups in total. The normalized spacial score (nSPS) is 13.2. The fraction of sp³-hybridized carbons (Fsp3) is 0.0192. The van der Waals surface area contributed by atoms with E-state index in [1.165, 1.54) is 38.6 Å². The van der Waals surface area contributed by atoms with Gasteiger partial charge in [0.15, 0.2) is 17.5 Å². The maximum atomic E-state index is 6.85. The van der Waals surface area contributed by atoms with Crippen molar-refractivity contribution in [3.63, 3.8) is 0 Å². The maximum absolute atomic E-state index is 6.85. The van der Waals surface area contributed by atoms with Gasteiger partial charge in [0.1, 0.15) is 11.5 Å². The molecule has 2 aliphatic rings. The van der Waals surface area contributed by atoms with Gasteiger partial charge >= 0.3 is 0 Å². The van der Waals surface area contributed by atoms with Gasteiger partial charge in [-0.2, -0.15) is 0 Å². The molecule has 1 spiro atoms. The number of benzene rings is 8. The molecule has 3 heterocycles. The van der Waals surface area contributed by atoms with Gasteiger partial charge < -0.3 is 4.74 Å². The van der Waals surface area contributed by atoms with Crippen molar-refractivity contribution in [3.05, 3.63) is 210 Å². The Morgan fingerprint density at radius 3 is 1.60 bits per heavy atom. The molecule has 4 nitrogen and oxygen atoms in total. The Balaban J connectivity index is 1.07. The molecule has 0 radical (unpaired) electrons. The number of fused-ring (bicyclic) bond motifs is 12. The van der Waals surface area contributed by atoms with E-state index in [1.807, 2.05) is 24.3 Å². The van der Waals surface area contributed by atoms with E-state index >= 15 is 0 Å². The van der Waals surface area contributed by atoms with Gasteiger partial charge in [-0.1, -0.05) is 164 Å². The lowest BCUT2D eigenvalue weighted by atomic mass is 9.66. The van der Waals surface area contributed by atoms with E-state index in [0.29, 0.717) is 17.5 Å². The van der Waals surface area contributed by atoms with Crippen LogP contribution >= 0.6 is 11.3 Å². The smallest absolute Gasteiger partial charge is 0.165 e. The minimum atomic E-state index is -0.527. The quantitative estimate of drug-likeness (QED) is 0.180. The topological polar surface area (TPSA) is 47.9 Å². The summed E-state index contributed by atoms with van der Waals surface area (Å²) in [5, 5.41) is 2.35. The molecule has 57 heavy (non-hydrogen) atoms. The molecule has 2 aromatic heterocycles. The van der Waals surface area contributed by atoms with Gasteiger partial charge in [0.05, 0.1) is 5.41 Å². The van der Waals surface area contributed by atoms with Gasteiger partial charge in [-0.05, 0) is 57.6 Å². The molecule has 1 aliphatic heterocycles. The standard InChI is InChI=1S/C52H31N3OS/c1-3-14-32(15-4-1)33-26-28-35(29-27-33)50-53-49(34-16-5-2-6-17-34)54-51(55-50)39-21-13-20-38-40-30-44-46(31-47(40)57-48(38)39)56-45-25-12-11-24-43(45)52(44)41-22-9-7-18-36(41)37-19-8-10-23-42(37)52/h1-31H. The molecule has 0 unspecified atom stereocenters. The number of ether oxygens (including phenoxy) is 1. The third-order valence-corrected chi connectivity index (χ3v) is 12.8. The summed E-state index contributed by atoms with van der Waals surface area (Å²) >= 11 is 1.76. The lowest BCUT2D eigenvalue weighted by molar-refractivity contribution is 0.437. The minimum Gasteiger partial charge on any atom is -0.457 e. The van der Waals surface area contributed by atoms with E-state index in [1.54, 1.807) is 11.3 Å². The molecule has 8 aromatic carbocycles. The molecule has 0 fully saturated rings. The number of hydrogen-bond acceptors (Lipinski definition) is 5. The largest absolute Gasteiger partial charge is 0.457 e. The van der Waals surface area contributed by atoms with Crippen LogP contribution in [0.25, 0.3) is 76.6 Å². The van der Waals surface area contributed by atoms with E-state index in [4.69, 9.17) is 19.7 Å². The Labute approximate surface area is 333 Å². The summed E-state index contributed by atoms with van der Waals surface area (Å²) in [6.45, 7) is 0. The summed E-state index contributed by atoms with van der Waals surface area (Å²) in [5.74, 6) is 3.70. The summed E-state index contributed by atoms with van der Waals surface area (Å²) in [4.78, 5) is 15.4. The number of hydrogen-bond donors (Lipinski definition) is 0. The number of aromatic nitrogens is 3. The zero-order chi connectivity index (χ0) is 37.5. The Kier molecular flexibility index (Phi) is 6.98. The van der Waals surface area contributed by atoms with Crippen LogP contribution in [0.3, 0.4) is 0 Å². The van der Waals surface area contributed by atoms with Crippen molar-refractivity contribution >= 4 is 31.5 Å². The third kappa shape index (κ3) is 4.76. The van der Waals surface area contributed by atoms with Crippen LogP contribution in [0.1, 0.15) is 22.3 Å². The van der Waals surface area contributed by atoms with Crippen molar-refractivity contribution in [1.82, 2.24) is 15.0 Å². The second-order valence-corrected chi connectivity index (χ2v) is 15.7. The van der Waals surface area contributed by atoms with Crippen molar-refractivity contribution in [1.29, 1.82) is 0 Å². The summed E-state index contributed by atoms with van der Waals surface area (Å²) in [7, 11) is 0. The molecule has 266 valence electrons. The third-order valence-electron chi connectivity index (χ3n) is 11.6. The zero-order valence-electron chi connectivity index (χ0n) is 30.6. The predicted octanol–water partition coefficient (Wildman–Crippen LogP) is 13.4. The van der Waals surface area contributed by atoms with Crippen molar-refractivity contribution in [2.45, 2.75) is 5.41 Å². The fourth-order valence-corrected chi connectivity index (χ4v) is 10.3. The van der Waals surface area contributed by atoms with Gasteiger partial charge in [0.25, 0.3) is 0 Å². The molecule has 1 aliphatic carbocycles.